The second-order valence-electron chi connectivity index (χ2n) is 5.14. The number of nitrogens with one attached hydrogen (secondary N) is 2. The molecular formula is C16H22N2. The predicted molar refractivity (Wildman–Crippen MR) is 76.6 cm³/mol. The van der Waals surface area contributed by atoms with Gasteiger partial charge in [0.05, 0.1) is 0 Å². The van der Waals surface area contributed by atoms with Gasteiger partial charge in [0.2, 0.25) is 0 Å². The lowest BCUT2D eigenvalue weighted by Crippen LogP contribution is -2.17. The molecule has 0 aliphatic heterocycles. The number of aromatic nitrogens is 1. The lowest BCUT2D eigenvalue weighted by molar-refractivity contribution is 0.574. The Morgan fingerprint density at radius 3 is 2.22 bits per heavy atom. The van der Waals surface area contributed by atoms with E-state index in [1.807, 2.05) is 12.4 Å². The van der Waals surface area contributed by atoms with Crippen LogP contribution < -0.4 is 5.32 Å². The van der Waals surface area contributed by atoms with Gasteiger partial charge in [0, 0.05) is 25.0 Å². The third kappa shape index (κ3) is 3.23. The molecule has 2 N–H and O–H groups in total. The van der Waals surface area contributed by atoms with Crippen molar-refractivity contribution in [3.63, 3.8) is 0 Å². The van der Waals surface area contributed by atoms with Crippen molar-refractivity contribution in [1.29, 1.82) is 0 Å². The van der Waals surface area contributed by atoms with Gasteiger partial charge in [-0.15, -0.1) is 0 Å². The number of H-pyrrole nitrogens is 1. The Balaban J connectivity index is 1.94. The molecule has 0 aliphatic rings. The van der Waals surface area contributed by atoms with Gasteiger partial charge in [0.25, 0.3) is 0 Å². The van der Waals surface area contributed by atoms with Crippen LogP contribution in [0.4, 0.5) is 0 Å². The van der Waals surface area contributed by atoms with E-state index in [-0.39, 0.29) is 0 Å². The maximum absolute atomic E-state index is 3.53. The fourth-order valence-corrected chi connectivity index (χ4v) is 2.03. The molecule has 0 saturated heterocycles. The Hall–Kier alpha value is -1.54. The molecule has 18 heavy (non-hydrogen) atoms. The van der Waals surface area contributed by atoms with Crippen LogP contribution in [0, 0.1) is 0 Å². The highest BCUT2D eigenvalue weighted by Gasteiger charge is 2.06. The average Bonchev–Trinajstić information content (AvgIpc) is 2.89. The monoisotopic (exact) mass is 242 g/mol. The zero-order valence-electron chi connectivity index (χ0n) is 11.4. The molecule has 0 saturated carbocycles. The molecule has 1 atom stereocenters. The molecule has 1 aromatic heterocycles. The van der Waals surface area contributed by atoms with Crippen molar-refractivity contribution >= 4 is 0 Å². The number of hydrogen-bond acceptors (Lipinski definition) is 1. The average molecular weight is 242 g/mol. The fraction of sp³-hybridized carbons (Fsp3) is 0.375. The van der Waals surface area contributed by atoms with E-state index in [1.54, 1.807) is 0 Å². The second kappa shape index (κ2) is 5.87. The van der Waals surface area contributed by atoms with Crippen LogP contribution in [-0.2, 0) is 6.54 Å². The highest BCUT2D eigenvalue weighted by Crippen LogP contribution is 2.18. The van der Waals surface area contributed by atoms with Gasteiger partial charge in [-0.2, -0.15) is 0 Å². The Labute approximate surface area is 109 Å². The van der Waals surface area contributed by atoms with Crippen molar-refractivity contribution in [2.45, 2.75) is 39.3 Å². The molecule has 1 heterocycles. The minimum absolute atomic E-state index is 0.376. The van der Waals surface area contributed by atoms with Crippen molar-refractivity contribution in [2.24, 2.45) is 0 Å². The maximum Gasteiger partial charge on any atom is 0.0294 e. The Bertz CT molecular complexity index is 454. The normalized spacial score (nSPS) is 12.9. The summed E-state index contributed by atoms with van der Waals surface area (Å²) >= 11 is 0. The molecule has 0 amide bonds. The number of aromatic amines is 1. The van der Waals surface area contributed by atoms with E-state index < -0.39 is 0 Å². The van der Waals surface area contributed by atoms with Gasteiger partial charge in [-0.3, -0.25) is 0 Å². The van der Waals surface area contributed by atoms with Gasteiger partial charge in [0.15, 0.2) is 0 Å². The highest BCUT2D eigenvalue weighted by molar-refractivity contribution is 5.26. The first kappa shape index (κ1) is 12.9. The smallest absolute Gasteiger partial charge is 0.0294 e. The summed E-state index contributed by atoms with van der Waals surface area (Å²) in [5.41, 5.74) is 4.03. The van der Waals surface area contributed by atoms with E-state index in [0.717, 1.165) is 6.54 Å². The lowest BCUT2D eigenvalue weighted by atomic mass is 9.99. The van der Waals surface area contributed by atoms with Gasteiger partial charge >= 0.3 is 0 Å². The zero-order chi connectivity index (χ0) is 13.0. The SMILES string of the molecule is CC(C)c1ccc(C(C)NCc2cc[nH]c2)cc1. The van der Waals surface area contributed by atoms with E-state index in [9.17, 15) is 0 Å². The third-order valence-electron chi connectivity index (χ3n) is 3.38. The van der Waals surface area contributed by atoms with Crippen LogP contribution in [0.15, 0.2) is 42.7 Å². The maximum atomic E-state index is 3.53. The van der Waals surface area contributed by atoms with Crippen LogP contribution in [0.2, 0.25) is 0 Å². The Morgan fingerprint density at radius 2 is 1.67 bits per heavy atom. The predicted octanol–water partition coefficient (Wildman–Crippen LogP) is 3.99. The summed E-state index contributed by atoms with van der Waals surface area (Å²) < 4.78 is 0. The molecule has 2 aromatic rings. The van der Waals surface area contributed by atoms with Crippen LogP contribution in [0.25, 0.3) is 0 Å². The molecule has 2 nitrogen and oxygen atoms in total. The van der Waals surface area contributed by atoms with Crippen molar-refractivity contribution in [1.82, 2.24) is 10.3 Å². The van der Waals surface area contributed by atoms with Crippen LogP contribution in [-0.4, -0.2) is 4.98 Å². The van der Waals surface area contributed by atoms with Gasteiger partial charge in [-0.25, -0.2) is 0 Å². The van der Waals surface area contributed by atoms with Crippen molar-refractivity contribution in [2.75, 3.05) is 0 Å². The molecule has 0 aliphatic carbocycles. The minimum Gasteiger partial charge on any atom is -0.367 e. The largest absolute Gasteiger partial charge is 0.367 e. The van der Waals surface area contributed by atoms with Crippen LogP contribution >= 0.6 is 0 Å². The fourth-order valence-electron chi connectivity index (χ4n) is 2.03. The molecule has 0 fully saturated rings. The number of rotatable bonds is 5. The third-order valence-corrected chi connectivity index (χ3v) is 3.38. The highest BCUT2D eigenvalue weighted by atomic mass is 14.9. The van der Waals surface area contributed by atoms with Gasteiger partial charge in [-0.1, -0.05) is 38.1 Å². The molecule has 0 bridgehead atoms. The van der Waals surface area contributed by atoms with Gasteiger partial charge in [-0.05, 0) is 35.6 Å². The van der Waals surface area contributed by atoms with E-state index in [0.29, 0.717) is 12.0 Å². The summed E-state index contributed by atoms with van der Waals surface area (Å²) in [5, 5.41) is 3.53. The minimum atomic E-state index is 0.376. The molecule has 1 unspecified atom stereocenters. The van der Waals surface area contributed by atoms with Crippen molar-refractivity contribution in [3.05, 3.63) is 59.4 Å². The molecule has 2 heteroatoms. The van der Waals surface area contributed by atoms with Crippen LogP contribution in [0.5, 0.6) is 0 Å². The lowest BCUT2D eigenvalue weighted by Gasteiger charge is -2.15. The molecule has 1 aromatic carbocycles. The number of benzene rings is 1. The summed E-state index contributed by atoms with van der Waals surface area (Å²) in [6, 6.07) is 11.4. The van der Waals surface area contributed by atoms with Crippen LogP contribution in [0.3, 0.4) is 0 Å². The van der Waals surface area contributed by atoms with Crippen molar-refractivity contribution < 1.29 is 0 Å². The summed E-state index contributed by atoms with van der Waals surface area (Å²) in [4.78, 5) is 3.07. The summed E-state index contributed by atoms with van der Waals surface area (Å²) in [5.74, 6) is 0.599. The Kier molecular flexibility index (Phi) is 4.21. The number of hydrogen-bond donors (Lipinski definition) is 2. The van der Waals surface area contributed by atoms with E-state index >= 15 is 0 Å². The molecule has 0 spiro atoms. The van der Waals surface area contributed by atoms with Crippen LogP contribution in [0.1, 0.15) is 49.4 Å². The summed E-state index contributed by atoms with van der Waals surface area (Å²) in [6.45, 7) is 7.55. The summed E-state index contributed by atoms with van der Waals surface area (Å²) in [7, 11) is 0. The van der Waals surface area contributed by atoms with E-state index in [1.165, 1.54) is 16.7 Å². The second-order valence-corrected chi connectivity index (χ2v) is 5.14. The first-order valence-corrected chi connectivity index (χ1v) is 6.61. The molecule has 0 radical (unpaired) electrons. The molecular weight excluding hydrogens is 220 g/mol. The van der Waals surface area contributed by atoms with E-state index in [2.05, 4.69) is 61.4 Å². The quantitative estimate of drug-likeness (QED) is 0.815. The Morgan fingerprint density at radius 1 is 1.00 bits per heavy atom. The first-order valence-electron chi connectivity index (χ1n) is 6.61. The summed E-state index contributed by atoms with van der Waals surface area (Å²) in [6.07, 6.45) is 3.99. The van der Waals surface area contributed by atoms with E-state index in [4.69, 9.17) is 0 Å². The topological polar surface area (TPSA) is 27.8 Å². The van der Waals surface area contributed by atoms with Gasteiger partial charge in [0.1, 0.15) is 0 Å². The van der Waals surface area contributed by atoms with Gasteiger partial charge < -0.3 is 10.3 Å². The zero-order valence-corrected chi connectivity index (χ0v) is 11.4. The molecule has 2 rings (SSSR count). The molecule has 96 valence electrons. The van der Waals surface area contributed by atoms with Crippen molar-refractivity contribution in [3.8, 4) is 0 Å². The first-order chi connectivity index (χ1) is 8.66. The standard InChI is InChI=1S/C16H22N2/c1-12(2)15-4-6-16(7-5-15)13(3)18-11-14-8-9-17-10-14/h4-10,12-13,17-18H,11H2,1-3H3.